The van der Waals surface area contributed by atoms with Crippen LogP contribution in [0.1, 0.15) is 22.2 Å². The van der Waals surface area contributed by atoms with Gasteiger partial charge >= 0.3 is 0 Å². The summed E-state index contributed by atoms with van der Waals surface area (Å²) in [6.45, 7) is 1.86. The Morgan fingerprint density at radius 1 is 1.20 bits per heavy atom. The summed E-state index contributed by atoms with van der Waals surface area (Å²) in [5.74, 6) is 0.141. The first-order valence-corrected chi connectivity index (χ1v) is 7.06. The van der Waals surface area contributed by atoms with Crippen LogP contribution in [0.25, 0.3) is 0 Å². The number of carbonyl (C=O) groups excluding carboxylic acids is 2. The van der Waals surface area contributed by atoms with Crippen LogP contribution < -0.4 is 10.1 Å². The monoisotopic (exact) mass is 289 g/mol. The average molecular weight is 289 g/mol. The number of rotatable bonds is 6. The number of ether oxygens (including phenoxy) is 1. The van der Waals surface area contributed by atoms with Crippen molar-refractivity contribution in [2.24, 2.45) is 0 Å². The van der Waals surface area contributed by atoms with Crippen molar-refractivity contribution in [2.75, 3.05) is 6.61 Å². The fraction of sp³-hybridized carbons (Fsp3) is 0.200. The topological polar surface area (TPSA) is 55.4 Å². The molecule has 1 aromatic heterocycles. The summed E-state index contributed by atoms with van der Waals surface area (Å²) < 4.78 is 5.40. The van der Waals surface area contributed by atoms with Crippen LogP contribution in [0.15, 0.2) is 41.8 Å². The van der Waals surface area contributed by atoms with Crippen molar-refractivity contribution in [3.63, 3.8) is 0 Å². The number of thiophene rings is 1. The zero-order valence-electron chi connectivity index (χ0n) is 11.1. The summed E-state index contributed by atoms with van der Waals surface area (Å²) in [6.07, 6.45) is 0. The Morgan fingerprint density at radius 3 is 2.70 bits per heavy atom. The fourth-order valence-corrected chi connectivity index (χ4v) is 2.32. The van der Waals surface area contributed by atoms with E-state index >= 15 is 0 Å². The van der Waals surface area contributed by atoms with Gasteiger partial charge in [0.1, 0.15) is 5.75 Å². The highest BCUT2D eigenvalue weighted by Gasteiger charge is 2.09. The van der Waals surface area contributed by atoms with Gasteiger partial charge in [0, 0.05) is 4.88 Å². The van der Waals surface area contributed by atoms with Gasteiger partial charge in [-0.2, -0.15) is 0 Å². The van der Waals surface area contributed by atoms with Crippen molar-refractivity contribution in [1.82, 2.24) is 5.32 Å². The molecule has 0 saturated heterocycles. The first kappa shape index (κ1) is 14.3. The molecule has 20 heavy (non-hydrogen) atoms. The first-order valence-electron chi connectivity index (χ1n) is 6.18. The second-order valence-electron chi connectivity index (χ2n) is 4.20. The lowest BCUT2D eigenvalue weighted by atomic mass is 10.1. The third kappa shape index (κ3) is 3.93. The van der Waals surface area contributed by atoms with Crippen molar-refractivity contribution in [3.8, 4) is 5.75 Å². The van der Waals surface area contributed by atoms with E-state index in [1.807, 2.05) is 17.5 Å². The molecule has 1 aromatic carbocycles. The normalized spacial score (nSPS) is 10.1. The number of carbonyl (C=O) groups is 2. The second kappa shape index (κ2) is 6.86. The molecule has 1 amide bonds. The zero-order valence-corrected chi connectivity index (χ0v) is 11.9. The third-order valence-electron chi connectivity index (χ3n) is 2.67. The molecule has 0 spiro atoms. The molecular formula is C15H15NO3S. The van der Waals surface area contributed by atoms with Gasteiger partial charge in [0.05, 0.1) is 12.1 Å². The van der Waals surface area contributed by atoms with Crippen LogP contribution >= 0.6 is 11.3 Å². The van der Waals surface area contributed by atoms with E-state index in [9.17, 15) is 9.59 Å². The molecule has 5 heteroatoms. The Labute approximate surface area is 121 Å². The lowest BCUT2D eigenvalue weighted by Gasteiger charge is -2.09. The van der Waals surface area contributed by atoms with Crippen molar-refractivity contribution in [3.05, 3.63) is 52.2 Å². The highest BCUT2D eigenvalue weighted by molar-refractivity contribution is 7.09. The third-order valence-corrected chi connectivity index (χ3v) is 3.54. The van der Waals surface area contributed by atoms with Gasteiger partial charge in [-0.1, -0.05) is 18.2 Å². The molecule has 0 aliphatic rings. The number of nitrogens with one attached hydrogen (secondary N) is 1. The van der Waals surface area contributed by atoms with Gasteiger partial charge in [-0.15, -0.1) is 11.3 Å². The van der Waals surface area contributed by atoms with Crippen LogP contribution in [-0.2, 0) is 11.3 Å². The summed E-state index contributed by atoms with van der Waals surface area (Å²) in [7, 11) is 0. The first-order chi connectivity index (χ1) is 9.66. The average Bonchev–Trinajstić information content (AvgIpc) is 2.96. The predicted octanol–water partition coefficient (Wildman–Crippen LogP) is 2.65. The molecule has 0 bridgehead atoms. The van der Waals surface area contributed by atoms with Crippen LogP contribution in [0.4, 0.5) is 0 Å². The van der Waals surface area contributed by atoms with Crippen LogP contribution in [0.5, 0.6) is 5.75 Å². The van der Waals surface area contributed by atoms with Gasteiger partial charge in [-0.25, -0.2) is 0 Å². The minimum absolute atomic E-state index is 0.0837. The maximum absolute atomic E-state index is 11.7. The molecule has 0 aliphatic heterocycles. The molecule has 0 radical (unpaired) electrons. The number of amides is 1. The van der Waals surface area contributed by atoms with Crippen molar-refractivity contribution in [1.29, 1.82) is 0 Å². The molecule has 0 fully saturated rings. The number of Topliss-reactive ketones (excluding diaryl/α,β-unsaturated/α-hetero) is 1. The maximum Gasteiger partial charge on any atom is 0.258 e. The summed E-state index contributed by atoms with van der Waals surface area (Å²) in [5, 5.41) is 4.72. The van der Waals surface area contributed by atoms with E-state index in [1.54, 1.807) is 35.6 Å². The van der Waals surface area contributed by atoms with Crippen molar-refractivity contribution >= 4 is 23.0 Å². The minimum atomic E-state index is -0.211. The van der Waals surface area contributed by atoms with Crippen molar-refractivity contribution < 1.29 is 14.3 Å². The second-order valence-corrected chi connectivity index (χ2v) is 5.23. The lowest BCUT2D eigenvalue weighted by molar-refractivity contribution is -0.123. The molecular weight excluding hydrogens is 274 g/mol. The van der Waals surface area contributed by atoms with Gasteiger partial charge in [0.2, 0.25) is 0 Å². The SMILES string of the molecule is CC(=O)c1ccccc1OCC(=O)NCc1cccs1. The Morgan fingerprint density at radius 2 is 2.00 bits per heavy atom. The Kier molecular flexibility index (Phi) is 4.90. The predicted molar refractivity (Wildman–Crippen MR) is 78.1 cm³/mol. The van der Waals surface area contributed by atoms with Gasteiger partial charge in [-0.3, -0.25) is 9.59 Å². The number of hydrogen-bond acceptors (Lipinski definition) is 4. The van der Waals surface area contributed by atoms with Gasteiger partial charge < -0.3 is 10.1 Å². The smallest absolute Gasteiger partial charge is 0.258 e. The molecule has 2 rings (SSSR count). The van der Waals surface area contributed by atoms with E-state index in [0.717, 1.165) is 4.88 Å². The minimum Gasteiger partial charge on any atom is -0.483 e. The van der Waals surface area contributed by atoms with Gasteiger partial charge in [0.15, 0.2) is 12.4 Å². The quantitative estimate of drug-likeness (QED) is 0.832. The fourth-order valence-electron chi connectivity index (χ4n) is 1.68. The largest absolute Gasteiger partial charge is 0.483 e. The highest BCUT2D eigenvalue weighted by Crippen LogP contribution is 2.18. The summed E-state index contributed by atoms with van der Waals surface area (Å²) in [5.41, 5.74) is 0.485. The number of benzene rings is 1. The molecule has 0 saturated carbocycles. The maximum atomic E-state index is 11.7. The van der Waals surface area contributed by atoms with E-state index in [2.05, 4.69) is 5.32 Å². The lowest BCUT2D eigenvalue weighted by Crippen LogP contribution is -2.28. The van der Waals surface area contributed by atoms with Crippen molar-refractivity contribution in [2.45, 2.75) is 13.5 Å². The van der Waals surface area contributed by atoms with Gasteiger partial charge in [-0.05, 0) is 30.5 Å². The van der Waals surface area contributed by atoms with E-state index < -0.39 is 0 Å². The van der Waals surface area contributed by atoms with Crippen LogP contribution in [0.2, 0.25) is 0 Å². The Hall–Kier alpha value is -2.14. The molecule has 4 nitrogen and oxygen atoms in total. The van der Waals surface area contributed by atoms with E-state index in [1.165, 1.54) is 6.92 Å². The van der Waals surface area contributed by atoms with E-state index in [0.29, 0.717) is 17.9 Å². The zero-order chi connectivity index (χ0) is 14.4. The van der Waals surface area contributed by atoms with Crippen LogP contribution in [-0.4, -0.2) is 18.3 Å². The Balaban J connectivity index is 1.85. The summed E-state index contributed by atoms with van der Waals surface area (Å²) >= 11 is 1.59. The van der Waals surface area contributed by atoms with Crippen LogP contribution in [0, 0.1) is 0 Å². The van der Waals surface area contributed by atoms with Gasteiger partial charge in [0.25, 0.3) is 5.91 Å². The molecule has 1 heterocycles. The molecule has 0 aliphatic carbocycles. The van der Waals surface area contributed by atoms with Crippen LogP contribution in [0.3, 0.4) is 0 Å². The molecule has 0 atom stereocenters. The molecule has 104 valence electrons. The highest BCUT2D eigenvalue weighted by atomic mass is 32.1. The standard InChI is InChI=1S/C15H15NO3S/c1-11(17)13-6-2-3-7-14(13)19-10-15(18)16-9-12-5-4-8-20-12/h2-8H,9-10H2,1H3,(H,16,18). The summed E-state index contributed by atoms with van der Waals surface area (Å²) in [4.78, 5) is 24.2. The molecule has 1 N–H and O–H groups in total. The number of hydrogen-bond donors (Lipinski definition) is 1. The molecule has 0 unspecified atom stereocenters. The molecule has 2 aromatic rings. The Bertz CT molecular complexity index is 593. The number of ketones is 1. The van der Waals surface area contributed by atoms with E-state index in [4.69, 9.17) is 4.74 Å². The number of para-hydroxylation sites is 1. The van der Waals surface area contributed by atoms with E-state index in [-0.39, 0.29) is 18.3 Å². The summed E-state index contributed by atoms with van der Waals surface area (Å²) in [6, 6.07) is 10.8.